The van der Waals surface area contributed by atoms with Gasteiger partial charge in [0, 0.05) is 30.9 Å². The van der Waals surface area contributed by atoms with E-state index in [1.807, 2.05) is 6.92 Å². The van der Waals surface area contributed by atoms with Crippen molar-refractivity contribution in [2.45, 2.75) is 13.3 Å². The number of carbonyl (C=O) groups is 1. The lowest BCUT2D eigenvalue weighted by Gasteiger charge is -2.20. The van der Waals surface area contributed by atoms with E-state index in [1.54, 1.807) is 29.2 Å². The highest BCUT2D eigenvalue weighted by molar-refractivity contribution is 5.94. The van der Waals surface area contributed by atoms with Gasteiger partial charge in [0.15, 0.2) is 0 Å². The Bertz CT molecular complexity index is 335. The van der Waals surface area contributed by atoms with E-state index in [9.17, 15) is 4.79 Å². The topological polar surface area (TPSA) is 66.6 Å². The number of hydrogen-bond donors (Lipinski definition) is 2. The summed E-state index contributed by atoms with van der Waals surface area (Å²) in [7, 11) is 0. The molecule has 1 amide bonds. The van der Waals surface area contributed by atoms with Crippen molar-refractivity contribution in [2.75, 3.05) is 25.4 Å². The summed E-state index contributed by atoms with van der Waals surface area (Å²) < 4.78 is 0. The Morgan fingerprint density at radius 1 is 1.38 bits per heavy atom. The van der Waals surface area contributed by atoms with Crippen LogP contribution in [0.4, 0.5) is 5.69 Å². The molecule has 0 aliphatic heterocycles. The molecule has 4 nitrogen and oxygen atoms in total. The molecule has 0 bridgehead atoms. The van der Waals surface area contributed by atoms with Gasteiger partial charge in [-0.25, -0.2) is 0 Å². The summed E-state index contributed by atoms with van der Waals surface area (Å²) in [5.41, 5.74) is 6.84. The second-order valence-corrected chi connectivity index (χ2v) is 3.58. The van der Waals surface area contributed by atoms with Gasteiger partial charge in [0.05, 0.1) is 0 Å². The zero-order valence-corrected chi connectivity index (χ0v) is 9.52. The molecular formula is C12H18N2O2. The van der Waals surface area contributed by atoms with E-state index < -0.39 is 0 Å². The van der Waals surface area contributed by atoms with Crippen molar-refractivity contribution in [1.82, 2.24) is 4.90 Å². The van der Waals surface area contributed by atoms with Gasteiger partial charge in [-0.15, -0.1) is 0 Å². The van der Waals surface area contributed by atoms with Crippen LogP contribution in [0.25, 0.3) is 0 Å². The number of nitrogens with zero attached hydrogens (tertiary/aromatic N) is 1. The smallest absolute Gasteiger partial charge is 0.253 e. The van der Waals surface area contributed by atoms with Gasteiger partial charge in [0.1, 0.15) is 0 Å². The van der Waals surface area contributed by atoms with Gasteiger partial charge in [-0.1, -0.05) is 0 Å². The van der Waals surface area contributed by atoms with Crippen molar-refractivity contribution in [3.05, 3.63) is 29.8 Å². The number of nitrogens with two attached hydrogens (primary N) is 1. The molecule has 0 saturated heterocycles. The number of aliphatic hydroxyl groups is 1. The Morgan fingerprint density at radius 2 is 2.00 bits per heavy atom. The van der Waals surface area contributed by atoms with E-state index in [0.29, 0.717) is 30.8 Å². The lowest BCUT2D eigenvalue weighted by molar-refractivity contribution is 0.0754. The van der Waals surface area contributed by atoms with Gasteiger partial charge in [-0.05, 0) is 37.6 Å². The van der Waals surface area contributed by atoms with Crippen LogP contribution in [0.3, 0.4) is 0 Å². The van der Waals surface area contributed by atoms with Crippen LogP contribution >= 0.6 is 0 Å². The Balaban J connectivity index is 2.70. The number of carbonyl (C=O) groups excluding carboxylic acids is 1. The molecule has 0 unspecified atom stereocenters. The van der Waals surface area contributed by atoms with E-state index in [4.69, 9.17) is 10.8 Å². The van der Waals surface area contributed by atoms with Gasteiger partial charge in [-0.2, -0.15) is 0 Å². The van der Waals surface area contributed by atoms with Gasteiger partial charge in [0.2, 0.25) is 0 Å². The molecule has 0 aromatic heterocycles. The Labute approximate surface area is 95.7 Å². The van der Waals surface area contributed by atoms with E-state index in [2.05, 4.69) is 0 Å². The highest BCUT2D eigenvalue weighted by Crippen LogP contribution is 2.09. The predicted octanol–water partition coefficient (Wildman–Crippen LogP) is 1.11. The largest absolute Gasteiger partial charge is 0.399 e. The van der Waals surface area contributed by atoms with E-state index in [-0.39, 0.29) is 12.5 Å². The zero-order valence-electron chi connectivity index (χ0n) is 9.52. The minimum Gasteiger partial charge on any atom is -0.399 e. The molecule has 0 saturated carbocycles. The first-order chi connectivity index (χ1) is 7.69. The van der Waals surface area contributed by atoms with Crippen LogP contribution in [0.1, 0.15) is 23.7 Å². The number of benzene rings is 1. The Hall–Kier alpha value is -1.55. The number of anilines is 1. The predicted molar refractivity (Wildman–Crippen MR) is 64.1 cm³/mol. The minimum atomic E-state index is -0.0176. The molecule has 1 rings (SSSR count). The lowest BCUT2D eigenvalue weighted by Crippen LogP contribution is -2.32. The summed E-state index contributed by atoms with van der Waals surface area (Å²) in [4.78, 5) is 13.7. The van der Waals surface area contributed by atoms with Gasteiger partial charge in [0.25, 0.3) is 5.91 Å². The van der Waals surface area contributed by atoms with Crippen molar-refractivity contribution in [1.29, 1.82) is 0 Å². The number of amides is 1. The Kier molecular flexibility index (Phi) is 4.79. The number of aliphatic hydroxyl groups excluding tert-OH is 1. The third kappa shape index (κ3) is 3.24. The van der Waals surface area contributed by atoms with Gasteiger partial charge >= 0.3 is 0 Å². The van der Waals surface area contributed by atoms with Crippen molar-refractivity contribution in [3.63, 3.8) is 0 Å². The van der Waals surface area contributed by atoms with Crippen LogP contribution in [0.5, 0.6) is 0 Å². The maximum absolute atomic E-state index is 12.0. The first-order valence-corrected chi connectivity index (χ1v) is 5.44. The lowest BCUT2D eigenvalue weighted by atomic mass is 10.2. The van der Waals surface area contributed by atoms with Crippen molar-refractivity contribution in [3.8, 4) is 0 Å². The van der Waals surface area contributed by atoms with E-state index >= 15 is 0 Å². The molecule has 1 aromatic carbocycles. The standard InChI is InChI=1S/C12H18N2O2/c1-2-14(8-3-9-15)12(16)10-4-6-11(13)7-5-10/h4-7,15H,2-3,8-9,13H2,1H3. The average Bonchev–Trinajstić information content (AvgIpc) is 2.30. The summed E-state index contributed by atoms with van der Waals surface area (Å²) in [6.45, 7) is 3.25. The fraction of sp³-hybridized carbons (Fsp3) is 0.417. The summed E-state index contributed by atoms with van der Waals surface area (Å²) in [6, 6.07) is 6.87. The SMILES string of the molecule is CCN(CCCO)C(=O)c1ccc(N)cc1. The van der Waals surface area contributed by atoms with Gasteiger partial charge in [-0.3, -0.25) is 4.79 Å². The molecule has 0 spiro atoms. The molecule has 88 valence electrons. The normalized spacial score (nSPS) is 10.1. The molecular weight excluding hydrogens is 204 g/mol. The van der Waals surface area contributed by atoms with Crippen LogP contribution in [-0.4, -0.2) is 35.6 Å². The quantitative estimate of drug-likeness (QED) is 0.733. The molecule has 1 aromatic rings. The molecule has 0 heterocycles. The molecule has 0 aliphatic rings. The van der Waals surface area contributed by atoms with Crippen molar-refractivity contribution >= 4 is 11.6 Å². The molecule has 0 radical (unpaired) electrons. The summed E-state index contributed by atoms with van der Waals surface area (Å²) in [5.74, 6) is -0.0176. The molecule has 0 atom stereocenters. The van der Waals surface area contributed by atoms with Crippen LogP contribution in [0, 0.1) is 0 Å². The van der Waals surface area contributed by atoms with Crippen LogP contribution in [0.2, 0.25) is 0 Å². The zero-order chi connectivity index (χ0) is 12.0. The fourth-order valence-corrected chi connectivity index (χ4v) is 1.47. The van der Waals surface area contributed by atoms with Crippen molar-refractivity contribution < 1.29 is 9.90 Å². The summed E-state index contributed by atoms with van der Waals surface area (Å²) in [6.07, 6.45) is 0.606. The molecule has 4 heteroatoms. The van der Waals surface area contributed by atoms with Gasteiger partial charge < -0.3 is 15.7 Å². The van der Waals surface area contributed by atoms with Crippen LogP contribution < -0.4 is 5.73 Å². The molecule has 16 heavy (non-hydrogen) atoms. The van der Waals surface area contributed by atoms with Crippen molar-refractivity contribution in [2.24, 2.45) is 0 Å². The second kappa shape index (κ2) is 6.12. The first kappa shape index (κ1) is 12.5. The summed E-state index contributed by atoms with van der Waals surface area (Å²) >= 11 is 0. The van der Waals surface area contributed by atoms with E-state index in [1.165, 1.54) is 0 Å². The molecule has 0 aliphatic carbocycles. The fourth-order valence-electron chi connectivity index (χ4n) is 1.47. The second-order valence-electron chi connectivity index (χ2n) is 3.58. The first-order valence-electron chi connectivity index (χ1n) is 5.44. The molecule has 3 N–H and O–H groups in total. The number of nitrogen functional groups attached to an aromatic ring is 1. The minimum absolute atomic E-state index is 0.0176. The van der Waals surface area contributed by atoms with E-state index in [0.717, 1.165) is 0 Å². The summed E-state index contributed by atoms with van der Waals surface area (Å²) in [5, 5.41) is 8.74. The Morgan fingerprint density at radius 3 is 2.50 bits per heavy atom. The van der Waals surface area contributed by atoms with Crippen LogP contribution in [0.15, 0.2) is 24.3 Å². The average molecular weight is 222 g/mol. The highest BCUT2D eigenvalue weighted by Gasteiger charge is 2.12. The van der Waals surface area contributed by atoms with Crippen LogP contribution in [-0.2, 0) is 0 Å². The highest BCUT2D eigenvalue weighted by atomic mass is 16.3. The maximum atomic E-state index is 12.0. The number of rotatable bonds is 5. The number of hydrogen-bond acceptors (Lipinski definition) is 3. The third-order valence-corrected chi connectivity index (χ3v) is 2.41. The monoisotopic (exact) mass is 222 g/mol. The maximum Gasteiger partial charge on any atom is 0.253 e. The third-order valence-electron chi connectivity index (χ3n) is 2.41. The molecule has 0 fully saturated rings.